The summed E-state index contributed by atoms with van der Waals surface area (Å²) in [6.45, 7) is 3.99. The van der Waals surface area contributed by atoms with Crippen molar-refractivity contribution in [2.75, 3.05) is 5.32 Å². The Balaban J connectivity index is 1.51. The summed E-state index contributed by atoms with van der Waals surface area (Å²) in [6, 6.07) is 17.2. The van der Waals surface area contributed by atoms with E-state index < -0.39 is 10.8 Å². The zero-order valence-corrected chi connectivity index (χ0v) is 18.7. The minimum atomic E-state index is -0.558. The number of hydrogen-bond donors (Lipinski definition) is 2. The van der Waals surface area contributed by atoms with E-state index in [0.29, 0.717) is 11.2 Å². The molecule has 0 unspecified atom stereocenters. The minimum absolute atomic E-state index is 0.0662. The van der Waals surface area contributed by atoms with Crippen LogP contribution in [0.1, 0.15) is 28.4 Å². The van der Waals surface area contributed by atoms with E-state index in [4.69, 9.17) is 12.2 Å². The molecule has 33 heavy (non-hydrogen) atoms. The fourth-order valence-corrected chi connectivity index (χ4v) is 3.48. The van der Waals surface area contributed by atoms with Crippen LogP contribution in [-0.2, 0) is 6.42 Å². The topological polar surface area (TPSA) is 115 Å². The first-order valence-corrected chi connectivity index (χ1v) is 10.6. The van der Waals surface area contributed by atoms with Crippen LogP contribution in [0.15, 0.2) is 60.7 Å². The number of aromatic nitrogens is 3. The number of nitro groups is 1. The molecule has 1 heterocycles. The molecule has 0 aliphatic heterocycles. The minimum Gasteiger partial charge on any atom is -0.332 e. The van der Waals surface area contributed by atoms with E-state index in [0.717, 1.165) is 23.2 Å². The maximum atomic E-state index is 12.4. The number of aryl methyl sites for hydroxylation is 2. The normalized spacial score (nSPS) is 10.7. The molecule has 4 aromatic rings. The summed E-state index contributed by atoms with van der Waals surface area (Å²) in [5.74, 6) is -0.545. The van der Waals surface area contributed by atoms with E-state index in [2.05, 4.69) is 27.8 Å². The lowest BCUT2D eigenvalue weighted by atomic mass is 10.1. The lowest BCUT2D eigenvalue weighted by Gasteiger charge is -2.11. The number of amides is 1. The predicted molar refractivity (Wildman–Crippen MR) is 130 cm³/mol. The highest BCUT2D eigenvalue weighted by atomic mass is 32.1. The first-order chi connectivity index (χ1) is 15.8. The van der Waals surface area contributed by atoms with Gasteiger partial charge in [0.15, 0.2) is 5.11 Å². The number of nitrogens with zero attached hydrogens (tertiary/aromatic N) is 4. The largest absolute Gasteiger partial charge is 0.332 e. The van der Waals surface area contributed by atoms with Crippen molar-refractivity contribution < 1.29 is 9.72 Å². The summed E-state index contributed by atoms with van der Waals surface area (Å²) in [5, 5.41) is 25.6. The van der Waals surface area contributed by atoms with Gasteiger partial charge >= 0.3 is 0 Å². The number of fused-ring (bicyclic) bond motifs is 1. The molecular weight excluding hydrogens is 440 g/mol. The van der Waals surface area contributed by atoms with Crippen LogP contribution in [0.25, 0.3) is 16.7 Å². The number of non-ortho nitro benzene ring substituents is 1. The molecule has 0 saturated heterocycles. The Kier molecular flexibility index (Phi) is 6.09. The Morgan fingerprint density at radius 3 is 2.45 bits per heavy atom. The van der Waals surface area contributed by atoms with Crippen molar-refractivity contribution in [2.45, 2.75) is 20.3 Å². The van der Waals surface area contributed by atoms with Crippen LogP contribution in [0.3, 0.4) is 0 Å². The van der Waals surface area contributed by atoms with Gasteiger partial charge < -0.3 is 5.32 Å². The molecule has 10 heteroatoms. The number of anilines is 1. The zero-order chi connectivity index (χ0) is 23.5. The molecule has 0 bridgehead atoms. The van der Waals surface area contributed by atoms with E-state index in [1.54, 1.807) is 10.9 Å². The molecule has 166 valence electrons. The first kappa shape index (κ1) is 22.0. The molecule has 4 rings (SSSR count). The molecular formula is C23H20N6O3S. The van der Waals surface area contributed by atoms with Gasteiger partial charge in [0.2, 0.25) is 0 Å². The Labute approximate surface area is 194 Å². The van der Waals surface area contributed by atoms with Gasteiger partial charge in [-0.2, -0.15) is 4.80 Å². The summed E-state index contributed by atoms with van der Waals surface area (Å²) in [5.41, 5.74) is 4.98. The van der Waals surface area contributed by atoms with Gasteiger partial charge in [0, 0.05) is 23.4 Å². The van der Waals surface area contributed by atoms with Gasteiger partial charge in [-0.3, -0.25) is 20.2 Å². The van der Waals surface area contributed by atoms with Gasteiger partial charge in [-0.05, 0) is 67.0 Å². The van der Waals surface area contributed by atoms with Crippen molar-refractivity contribution in [3.8, 4) is 5.69 Å². The van der Waals surface area contributed by atoms with Crippen LogP contribution in [0, 0.1) is 17.0 Å². The van der Waals surface area contributed by atoms with Gasteiger partial charge in [-0.15, -0.1) is 10.2 Å². The van der Waals surface area contributed by atoms with Crippen LogP contribution in [0.5, 0.6) is 0 Å². The number of carbonyl (C=O) groups excluding carboxylic acids is 1. The van der Waals surface area contributed by atoms with E-state index in [9.17, 15) is 14.9 Å². The molecule has 3 aromatic carbocycles. The average Bonchev–Trinajstić information content (AvgIpc) is 3.22. The summed E-state index contributed by atoms with van der Waals surface area (Å²) >= 11 is 5.27. The molecule has 0 fully saturated rings. The second kappa shape index (κ2) is 9.13. The summed E-state index contributed by atoms with van der Waals surface area (Å²) < 4.78 is 0. The number of rotatable bonds is 5. The Hall–Kier alpha value is -4.18. The Morgan fingerprint density at radius 1 is 1.09 bits per heavy atom. The second-order valence-corrected chi connectivity index (χ2v) is 7.79. The van der Waals surface area contributed by atoms with E-state index in [1.165, 1.54) is 29.8 Å². The molecule has 1 aromatic heterocycles. The van der Waals surface area contributed by atoms with E-state index in [1.807, 2.05) is 37.3 Å². The SMILES string of the molecule is CCc1ccc(-n2nc3cc(C)c(NC(=S)NC(=O)c4cccc([N+](=O)[O-])c4)cc3n2)cc1. The third-order valence-electron chi connectivity index (χ3n) is 5.10. The number of nitrogens with one attached hydrogen (secondary N) is 2. The van der Waals surface area contributed by atoms with Gasteiger partial charge in [-0.25, -0.2) is 0 Å². The van der Waals surface area contributed by atoms with Crippen molar-refractivity contribution in [1.82, 2.24) is 20.3 Å². The highest BCUT2D eigenvalue weighted by Crippen LogP contribution is 2.22. The number of thiocarbonyl (C=S) groups is 1. The standard InChI is InChI=1S/C23H20N6O3S/c1-3-15-7-9-17(10-8-15)28-26-20-11-14(2)19(13-21(20)27-28)24-23(33)25-22(30)16-5-4-6-18(12-16)29(31)32/h4-13H,3H2,1-2H3,(H2,24,25,30,33). The fourth-order valence-electron chi connectivity index (χ4n) is 3.27. The number of benzene rings is 3. The van der Waals surface area contributed by atoms with Crippen molar-refractivity contribution in [3.63, 3.8) is 0 Å². The lowest BCUT2D eigenvalue weighted by molar-refractivity contribution is -0.384. The number of carbonyl (C=O) groups is 1. The van der Waals surface area contributed by atoms with Gasteiger partial charge in [0.05, 0.1) is 10.6 Å². The quantitative estimate of drug-likeness (QED) is 0.259. The zero-order valence-electron chi connectivity index (χ0n) is 17.9. The highest BCUT2D eigenvalue weighted by Gasteiger charge is 2.14. The molecule has 0 aliphatic rings. The summed E-state index contributed by atoms with van der Waals surface area (Å²) in [6.07, 6.45) is 0.959. The van der Waals surface area contributed by atoms with E-state index in [-0.39, 0.29) is 16.4 Å². The lowest BCUT2D eigenvalue weighted by Crippen LogP contribution is -2.34. The molecule has 0 spiro atoms. The highest BCUT2D eigenvalue weighted by molar-refractivity contribution is 7.80. The fraction of sp³-hybridized carbons (Fsp3) is 0.130. The monoisotopic (exact) mass is 460 g/mol. The maximum absolute atomic E-state index is 12.4. The Bertz CT molecular complexity index is 1380. The third kappa shape index (κ3) is 4.85. The van der Waals surface area contributed by atoms with Crippen LogP contribution < -0.4 is 10.6 Å². The van der Waals surface area contributed by atoms with Gasteiger partial charge in [0.1, 0.15) is 11.0 Å². The third-order valence-corrected chi connectivity index (χ3v) is 5.30. The summed E-state index contributed by atoms with van der Waals surface area (Å²) in [7, 11) is 0. The van der Waals surface area contributed by atoms with Crippen LogP contribution >= 0.6 is 12.2 Å². The summed E-state index contributed by atoms with van der Waals surface area (Å²) in [4.78, 5) is 24.4. The van der Waals surface area contributed by atoms with Crippen molar-refractivity contribution in [2.24, 2.45) is 0 Å². The molecule has 0 aliphatic carbocycles. The Morgan fingerprint density at radius 2 is 1.79 bits per heavy atom. The van der Waals surface area contributed by atoms with Crippen molar-refractivity contribution >= 4 is 45.6 Å². The van der Waals surface area contributed by atoms with Gasteiger partial charge in [-0.1, -0.05) is 25.1 Å². The van der Waals surface area contributed by atoms with E-state index >= 15 is 0 Å². The maximum Gasteiger partial charge on any atom is 0.270 e. The van der Waals surface area contributed by atoms with Crippen LogP contribution in [0.2, 0.25) is 0 Å². The first-order valence-electron chi connectivity index (χ1n) is 10.2. The van der Waals surface area contributed by atoms with Crippen molar-refractivity contribution in [3.05, 3.63) is 87.5 Å². The number of nitro benzene ring substituents is 1. The molecule has 0 atom stereocenters. The van der Waals surface area contributed by atoms with Crippen LogP contribution in [0.4, 0.5) is 11.4 Å². The molecule has 2 N–H and O–H groups in total. The molecule has 0 saturated carbocycles. The van der Waals surface area contributed by atoms with Crippen molar-refractivity contribution in [1.29, 1.82) is 0 Å². The molecule has 1 amide bonds. The molecule has 0 radical (unpaired) electrons. The smallest absolute Gasteiger partial charge is 0.270 e. The van der Waals surface area contributed by atoms with Crippen LogP contribution in [-0.4, -0.2) is 30.9 Å². The average molecular weight is 461 g/mol. The van der Waals surface area contributed by atoms with Gasteiger partial charge in [0.25, 0.3) is 11.6 Å². The second-order valence-electron chi connectivity index (χ2n) is 7.38. The molecule has 9 nitrogen and oxygen atoms in total. The predicted octanol–water partition coefficient (Wildman–Crippen LogP) is 4.33. The number of hydrogen-bond acceptors (Lipinski definition) is 6.